The van der Waals surface area contributed by atoms with Crippen LogP contribution in [0.1, 0.15) is 29.8 Å². The summed E-state index contributed by atoms with van der Waals surface area (Å²) in [5, 5.41) is 3.43. The van der Waals surface area contributed by atoms with Gasteiger partial charge in [-0.25, -0.2) is 0 Å². The number of carbonyl (C=O) groups is 1. The maximum absolute atomic E-state index is 12.4. The third-order valence-electron chi connectivity index (χ3n) is 3.36. The van der Waals surface area contributed by atoms with Gasteiger partial charge in [0.05, 0.1) is 6.61 Å². The Balaban J connectivity index is 2.06. The van der Waals surface area contributed by atoms with Crippen LogP contribution in [0.15, 0.2) is 24.3 Å². The van der Waals surface area contributed by atoms with E-state index >= 15 is 0 Å². The Labute approximate surface area is 114 Å². The Morgan fingerprint density at radius 3 is 2.37 bits per heavy atom. The highest BCUT2D eigenvalue weighted by Crippen LogP contribution is 2.12. The number of hydrogen-bond donors (Lipinski definition) is 1. The molecule has 0 radical (unpaired) electrons. The second-order valence-electron chi connectivity index (χ2n) is 5.31. The number of ether oxygens (including phenoxy) is 1. The second kappa shape index (κ2) is 6.17. The number of amides is 1. The van der Waals surface area contributed by atoms with Gasteiger partial charge in [0.1, 0.15) is 0 Å². The van der Waals surface area contributed by atoms with Crippen molar-refractivity contribution in [1.29, 1.82) is 0 Å². The number of carbonyl (C=O) groups excluding carboxylic acids is 1. The number of nitrogens with zero attached hydrogens (tertiary/aromatic N) is 1. The fourth-order valence-corrected chi connectivity index (χ4v) is 2.59. The van der Waals surface area contributed by atoms with E-state index in [1.54, 1.807) is 7.11 Å². The van der Waals surface area contributed by atoms with Crippen LogP contribution in [0.5, 0.6) is 0 Å². The van der Waals surface area contributed by atoms with E-state index in [0.29, 0.717) is 18.7 Å². The van der Waals surface area contributed by atoms with E-state index in [-0.39, 0.29) is 5.91 Å². The predicted octanol–water partition coefficient (Wildman–Crippen LogP) is 1.66. The van der Waals surface area contributed by atoms with E-state index < -0.39 is 0 Å². The first-order valence-corrected chi connectivity index (χ1v) is 6.73. The van der Waals surface area contributed by atoms with Crippen LogP contribution in [0.2, 0.25) is 0 Å². The minimum absolute atomic E-state index is 0.115. The van der Waals surface area contributed by atoms with Crippen LogP contribution in [-0.2, 0) is 11.3 Å². The number of methoxy groups -OCH3 is 1. The molecule has 19 heavy (non-hydrogen) atoms. The smallest absolute Gasteiger partial charge is 0.253 e. The molecule has 0 unspecified atom stereocenters. The number of rotatable bonds is 3. The summed E-state index contributed by atoms with van der Waals surface area (Å²) in [7, 11) is 1.67. The fraction of sp³-hybridized carbons (Fsp3) is 0.533. The Hall–Kier alpha value is -1.39. The van der Waals surface area contributed by atoms with Crippen LogP contribution < -0.4 is 5.32 Å². The zero-order valence-corrected chi connectivity index (χ0v) is 11.8. The molecule has 1 N–H and O–H groups in total. The first kappa shape index (κ1) is 14.0. The van der Waals surface area contributed by atoms with E-state index in [4.69, 9.17) is 4.74 Å². The number of piperazine rings is 1. The highest BCUT2D eigenvalue weighted by atomic mass is 16.5. The maximum atomic E-state index is 12.4. The third kappa shape index (κ3) is 3.55. The highest BCUT2D eigenvalue weighted by Gasteiger charge is 2.25. The second-order valence-corrected chi connectivity index (χ2v) is 5.31. The van der Waals surface area contributed by atoms with E-state index in [1.807, 2.05) is 29.2 Å². The topological polar surface area (TPSA) is 41.6 Å². The van der Waals surface area contributed by atoms with Gasteiger partial charge < -0.3 is 15.0 Å². The Bertz CT molecular complexity index is 420. The van der Waals surface area contributed by atoms with Crippen molar-refractivity contribution >= 4 is 5.91 Å². The Morgan fingerprint density at radius 1 is 1.26 bits per heavy atom. The first-order chi connectivity index (χ1) is 9.10. The lowest BCUT2D eigenvalue weighted by Gasteiger charge is -2.36. The molecule has 4 nitrogen and oxygen atoms in total. The van der Waals surface area contributed by atoms with Gasteiger partial charge >= 0.3 is 0 Å². The normalized spacial score (nSPS) is 23.4. The third-order valence-corrected chi connectivity index (χ3v) is 3.36. The molecule has 0 aromatic heterocycles. The first-order valence-electron chi connectivity index (χ1n) is 6.73. The fourth-order valence-electron chi connectivity index (χ4n) is 2.59. The lowest BCUT2D eigenvalue weighted by atomic mass is 10.1. The summed E-state index contributed by atoms with van der Waals surface area (Å²) in [5.74, 6) is 0.115. The van der Waals surface area contributed by atoms with Crippen molar-refractivity contribution in [3.63, 3.8) is 0 Å². The predicted molar refractivity (Wildman–Crippen MR) is 75.1 cm³/mol. The van der Waals surface area contributed by atoms with Crippen LogP contribution in [0.4, 0.5) is 0 Å². The van der Waals surface area contributed by atoms with E-state index in [1.165, 1.54) is 0 Å². The van der Waals surface area contributed by atoms with Gasteiger partial charge in [-0.1, -0.05) is 12.1 Å². The van der Waals surface area contributed by atoms with E-state index in [0.717, 1.165) is 24.2 Å². The minimum Gasteiger partial charge on any atom is -0.380 e. The van der Waals surface area contributed by atoms with Gasteiger partial charge in [-0.3, -0.25) is 4.79 Å². The zero-order chi connectivity index (χ0) is 13.8. The largest absolute Gasteiger partial charge is 0.380 e. The van der Waals surface area contributed by atoms with E-state index in [9.17, 15) is 4.79 Å². The van der Waals surface area contributed by atoms with Crippen molar-refractivity contribution in [3.05, 3.63) is 35.4 Å². The van der Waals surface area contributed by atoms with Gasteiger partial charge in [0, 0.05) is 37.8 Å². The molecule has 0 spiro atoms. The van der Waals surface area contributed by atoms with Gasteiger partial charge in [-0.2, -0.15) is 0 Å². The lowest BCUT2D eigenvalue weighted by molar-refractivity contribution is 0.0673. The molecule has 104 valence electrons. The average Bonchev–Trinajstić information content (AvgIpc) is 2.38. The molecule has 1 saturated heterocycles. The van der Waals surface area contributed by atoms with E-state index in [2.05, 4.69) is 19.2 Å². The number of hydrogen-bond acceptors (Lipinski definition) is 3. The summed E-state index contributed by atoms with van der Waals surface area (Å²) in [6.45, 7) is 6.33. The quantitative estimate of drug-likeness (QED) is 0.900. The molecule has 1 aliphatic heterocycles. The Kier molecular flexibility index (Phi) is 4.56. The summed E-state index contributed by atoms with van der Waals surface area (Å²) < 4.78 is 5.07. The SMILES string of the molecule is COCc1ccc(C(=O)N2C[C@@H](C)N[C@@H](C)C2)cc1. The zero-order valence-electron chi connectivity index (χ0n) is 11.8. The van der Waals surface area contributed by atoms with Gasteiger partial charge in [0.2, 0.25) is 0 Å². The van der Waals surface area contributed by atoms with Crippen molar-refractivity contribution in [2.75, 3.05) is 20.2 Å². The van der Waals surface area contributed by atoms with Gasteiger partial charge in [-0.15, -0.1) is 0 Å². The van der Waals surface area contributed by atoms with Crippen molar-refractivity contribution in [2.24, 2.45) is 0 Å². The van der Waals surface area contributed by atoms with Crippen molar-refractivity contribution in [3.8, 4) is 0 Å². The van der Waals surface area contributed by atoms with Crippen molar-refractivity contribution in [2.45, 2.75) is 32.5 Å². The monoisotopic (exact) mass is 262 g/mol. The van der Waals surface area contributed by atoms with Gasteiger partial charge in [0.25, 0.3) is 5.91 Å². The summed E-state index contributed by atoms with van der Waals surface area (Å²) in [5.41, 5.74) is 1.84. The van der Waals surface area contributed by atoms with Crippen LogP contribution in [-0.4, -0.2) is 43.1 Å². The highest BCUT2D eigenvalue weighted by molar-refractivity contribution is 5.94. The molecule has 2 rings (SSSR count). The molecule has 4 heteroatoms. The molecule has 1 aromatic carbocycles. The lowest BCUT2D eigenvalue weighted by Crippen LogP contribution is -2.55. The molecule has 1 heterocycles. The van der Waals surface area contributed by atoms with Crippen LogP contribution in [0.3, 0.4) is 0 Å². The average molecular weight is 262 g/mol. The number of benzene rings is 1. The standard InChI is InChI=1S/C15H22N2O2/c1-11-8-17(9-12(2)16-11)15(18)14-6-4-13(5-7-14)10-19-3/h4-7,11-12,16H,8-10H2,1-3H3/t11-,12+. The molecule has 0 aliphatic carbocycles. The summed E-state index contributed by atoms with van der Waals surface area (Å²) in [4.78, 5) is 14.4. The molecule has 1 amide bonds. The molecule has 1 aliphatic rings. The molecule has 0 bridgehead atoms. The van der Waals surface area contributed by atoms with Crippen LogP contribution in [0.25, 0.3) is 0 Å². The van der Waals surface area contributed by atoms with Crippen LogP contribution in [0, 0.1) is 0 Å². The summed E-state index contributed by atoms with van der Waals surface area (Å²) in [6, 6.07) is 8.36. The molecule has 1 aromatic rings. The maximum Gasteiger partial charge on any atom is 0.253 e. The van der Waals surface area contributed by atoms with Gasteiger partial charge in [-0.05, 0) is 31.5 Å². The Morgan fingerprint density at radius 2 is 1.84 bits per heavy atom. The molecule has 1 fully saturated rings. The van der Waals surface area contributed by atoms with Crippen molar-refractivity contribution < 1.29 is 9.53 Å². The minimum atomic E-state index is 0.115. The molecular weight excluding hydrogens is 240 g/mol. The van der Waals surface area contributed by atoms with Gasteiger partial charge in [0.15, 0.2) is 0 Å². The molecule has 0 saturated carbocycles. The van der Waals surface area contributed by atoms with Crippen molar-refractivity contribution in [1.82, 2.24) is 10.2 Å². The molecule has 2 atom stereocenters. The summed E-state index contributed by atoms with van der Waals surface area (Å²) in [6.07, 6.45) is 0. The summed E-state index contributed by atoms with van der Waals surface area (Å²) >= 11 is 0. The molecular formula is C15H22N2O2. The van der Waals surface area contributed by atoms with Crippen LogP contribution >= 0.6 is 0 Å². The number of nitrogens with one attached hydrogen (secondary N) is 1.